The number of aromatic nitrogens is 1. The van der Waals surface area contributed by atoms with Crippen molar-refractivity contribution in [3.8, 4) is 5.75 Å². The fraction of sp³-hybridized carbons (Fsp3) is 0.174. The number of carbonyl (C=O) groups is 2. The molecule has 0 amide bonds. The summed E-state index contributed by atoms with van der Waals surface area (Å²) in [6.45, 7) is 1.81. The summed E-state index contributed by atoms with van der Waals surface area (Å²) in [5.74, 6) is -0.530. The molecule has 152 valence electrons. The first-order valence-corrected chi connectivity index (χ1v) is 10.3. The smallest absolute Gasteiger partial charge is 0.352 e. The fourth-order valence-corrected chi connectivity index (χ4v) is 4.68. The summed E-state index contributed by atoms with van der Waals surface area (Å²) in [4.78, 5) is 39.0. The number of Topliss-reactive ketones (excluding diaryl/α,β-unsaturated/α-hetero) is 1. The van der Waals surface area contributed by atoms with Gasteiger partial charge in [-0.3, -0.25) is 14.2 Å². The standard InChI is InChI=1S/C23H19NO5S/c1-3-29-23(27)21-19(28-2)18-20(30-21)15-11-7-8-12-16(15)24(22(18)26)13-17(25)14-9-5-4-6-10-14/h4-12H,3,13H2,1-2H3. The Labute approximate surface area is 176 Å². The Morgan fingerprint density at radius 3 is 2.43 bits per heavy atom. The quantitative estimate of drug-likeness (QED) is 0.343. The van der Waals surface area contributed by atoms with E-state index in [0.717, 1.165) is 5.39 Å². The fourth-order valence-electron chi connectivity index (χ4n) is 3.49. The maximum atomic E-state index is 13.5. The Morgan fingerprint density at radius 1 is 1.03 bits per heavy atom. The normalized spacial score (nSPS) is 11.0. The van der Waals surface area contributed by atoms with Crippen molar-refractivity contribution in [3.63, 3.8) is 0 Å². The van der Waals surface area contributed by atoms with Gasteiger partial charge in [0, 0.05) is 10.9 Å². The van der Waals surface area contributed by atoms with Crippen LogP contribution in [0.4, 0.5) is 0 Å². The van der Waals surface area contributed by atoms with Crippen molar-refractivity contribution in [2.75, 3.05) is 13.7 Å². The summed E-state index contributed by atoms with van der Waals surface area (Å²) < 4.78 is 12.7. The molecular weight excluding hydrogens is 402 g/mol. The zero-order valence-electron chi connectivity index (χ0n) is 16.5. The van der Waals surface area contributed by atoms with Crippen molar-refractivity contribution in [3.05, 3.63) is 75.4 Å². The highest BCUT2D eigenvalue weighted by atomic mass is 32.1. The number of carbonyl (C=O) groups excluding carboxylic acids is 2. The van der Waals surface area contributed by atoms with Crippen LogP contribution in [0, 0.1) is 0 Å². The highest BCUT2D eigenvalue weighted by Gasteiger charge is 2.26. The van der Waals surface area contributed by atoms with Crippen LogP contribution in [-0.4, -0.2) is 30.0 Å². The van der Waals surface area contributed by atoms with E-state index in [4.69, 9.17) is 9.47 Å². The lowest BCUT2D eigenvalue weighted by Gasteiger charge is -2.11. The summed E-state index contributed by atoms with van der Waals surface area (Å²) in [6, 6.07) is 16.2. The lowest BCUT2D eigenvalue weighted by Crippen LogP contribution is -2.25. The van der Waals surface area contributed by atoms with Gasteiger partial charge in [-0.05, 0) is 13.0 Å². The summed E-state index contributed by atoms with van der Waals surface area (Å²) in [7, 11) is 1.41. The molecule has 0 aliphatic rings. The van der Waals surface area contributed by atoms with Crippen LogP contribution in [0.2, 0.25) is 0 Å². The maximum Gasteiger partial charge on any atom is 0.352 e. The van der Waals surface area contributed by atoms with Gasteiger partial charge < -0.3 is 9.47 Å². The first-order chi connectivity index (χ1) is 14.6. The van der Waals surface area contributed by atoms with Gasteiger partial charge in [0.25, 0.3) is 5.56 Å². The number of benzene rings is 2. The molecule has 0 radical (unpaired) electrons. The third-order valence-corrected chi connectivity index (χ3v) is 6.01. The number of pyridine rings is 1. The molecule has 7 heteroatoms. The number of para-hydroxylation sites is 1. The Balaban J connectivity index is 1.98. The van der Waals surface area contributed by atoms with Gasteiger partial charge in [-0.2, -0.15) is 0 Å². The Hall–Kier alpha value is -3.45. The van der Waals surface area contributed by atoms with Crippen LogP contribution >= 0.6 is 11.3 Å². The van der Waals surface area contributed by atoms with Crippen LogP contribution in [0.25, 0.3) is 21.0 Å². The molecule has 4 aromatic rings. The third kappa shape index (κ3) is 3.27. The first-order valence-electron chi connectivity index (χ1n) is 9.44. The molecule has 0 aliphatic heterocycles. The van der Waals surface area contributed by atoms with E-state index < -0.39 is 5.97 Å². The molecule has 0 saturated carbocycles. The second kappa shape index (κ2) is 8.12. The molecule has 0 atom stereocenters. The molecule has 0 aliphatic carbocycles. The zero-order chi connectivity index (χ0) is 21.3. The predicted molar refractivity (Wildman–Crippen MR) is 117 cm³/mol. The Morgan fingerprint density at radius 2 is 1.73 bits per heavy atom. The minimum atomic E-state index is -0.536. The third-order valence-electron chi connectivity index (χ3n) is 4.83. The van der Waals surface area contributed by atoms with Crippen LogP contribution < -0.4 is 10.3 Å². The molecule has 2 aromatic heterocycles. The molecule has 6 nitrogen and oxygen atoms in total. The number of rotatable bonds is 6. The van der Waals surface area contributed by atoms with Crippen LogP contribution in [0.5, 0.6) is 5.75 Å². The van der Waals surface area contributed by atoms with Gasteiger partial charge in [0.05, 0.1) is 30.5 Å². The van der Waals surface area contributed by atoms with Gasteiger partial charge in [-0.1, -0.05) is 48.5 Å². The number of hydrogen-bond acceptors (Lipinski definition) is 6. The van der Waals surface area contributed by atoms with E-state index in [2.05, 4.69) is 0 Å². The number of ether oxygens (including phenoxy) is 2. The van der Waals surface area contributed by atoms with E-state index in [9.17, 15) is 14.4 Å². The molecule has 0 fully saturated rings. The van der Waals surface area contributed by atoms with Crippen molar-refractivity contribution in [1.82, 2.24) is 4.57 Å². The van der Waals surface area contributed by atoms with E-state index in [1.54, 1.807) is 37.3 Å². The Bertz CT molecular complexity index is 1320. The molecule has 0 unspecified atom stereocenters. The number of ketones is 1. The van der Waals surface area contributed by atoms with E-state index in [1.165, 1.54) is 23.0 Å². The summed E-state index contributed by atoms with van der Waals surface area (Å²) in [5, 5.41) is 1.05. The van der Waals surface area contributed by atoms with E-state index in [-0.39, 0.29) is 40.5 Å². The number of thiophene rings is 1. The van der Waals surface area contributed by atoms with Crippen LogP contribution in [0.3, 0.4) is 0 Å². The minimum absolute atomic E-state index is 0.118. The van der Waals surface area contributed by atoms with Crippen molar-refractivity contribution in [2.45, 2.75) is 13.5 Å². The van der Waals surface area contributed by atoms with Crippen molar-refractivity contribution >= 4 is 44.1 Å². The molecule has 30 heavy (non-hydrogen) atoms. The van der Waals surface area contributed by atoms with Crippen LogP contribution in [0.1, 0.15) is 27.0 Å². The van der Waals surface area contributed by atoms with Crippen LogP contribution in [-0.2, 0) is 11.3 Å². The molecular formula is C23H19NO5S. The predicted octanol–water partition coefficient (Wildman–Crippen LogP) is 4.28. The van der Waals surface area contributed by atoms with Crippen molar-refractivity contribution in [1.29, 1.82) is 0 Å². The number of hydrogen-bond donors (Lipinski definition) is 0. The van der Waals surface area contributed by atoms with E-state index >= 15 is 0 Å². The first kappa shape index (κ1) is 19.8. The van der Waals surface area contributed by atoms with Gasteiger partial charge in [0.2, 0.25) is 0 Å². The SMILES string of the molecule is CCOC(=O)c1sc2c(c1OC)c(=O)n(CC(=O)c1ccccc1)c1ccccc21. The largest absolute Gasteiger partial charge is 0.494 e. The van der Waals surface area contributed by atoms with Gasteiger partial charge in [-0.15, -0.1) is 11.3 Å². The second-order valence-corrected chi connectivity index (χ2v) is 7.61. The average Bonchev–Trinajstić information content (AvgIpc) is 3.17. The zero-order valence-corrected chi connectivity index (χ0v) is 17.3. The van der Waals surface area contributed by atoms with Gasteiger partial charge in [-0.25, -0.2) is 4.79 Å². The van der Waals surface area contributed by atoms with Crippen molar-refractivity contribution < 1.29 is 19.1 Å². The Kier molecular flexibility index (Phi) is 5.37. The highest BCUT2D eigenvalue weighted by molar-refractivity contribution is 7.22. The maximum absolute atomic E-state index is 13.5. The average molecular weight is 421 g/mol. The number of fused-ring (bicyclic) bond motifs is 3. The van der Waals surface area contributed by atoms with Gasteiger partial charge in [0.1, 0.15) is 5.39 Å². The second-order valence-electron chi connectivity index (χ2n) is 6.59. The lowest BCUT2D eigenvalue weighted by molar-refractivity contribution is 0.0529. The molecule has 2 heterocycles. The van der Waals surface area contributed by atoms with E-state index in [1.807, 2.05) is 24.3 Å². The molecule has 0 spiro atoms. The molecule has 4 rings (SSSR count). The molecule has 2 aromatic carbocycles. The molecule has 0 N–H and O–H groups in total. The highest BCUT2D eigenvalue weighted by Crippen LogP contribution is 2.39. The van der Waals surface area contributed by atoms with Gasteiger partial charge in [0.15, 0.2) is 16.4 Å². The molecule has 0 saturated heterocycles. The summed E-state index contributed by atoms with van der Waals surface area (Å²) in [5.41, 5.74) is 0.772. The monoisotopic (exact) mass is 421 g/mol. The summed E-state index contributed by atoms with van der Waals surface area (Å²) in [6.07, 6.45) is 0. The van der Waals surface area contributed by atoms with E-state index in [0.29, 0.717) is 15.8 Å². The number of methoxy groups -OCH3 is 1. The molecule has 0 bridgehead atoms. The van der Waals surface area contributed by atoms with Gasteiger partial charge >= 0.3 is 5.97 Å². The van der Waals surface area contributed by atoms with Crippen molar-refractivity contribution in [2.24, 2.45) is 0 Å². The minimum Gasteiger partial charge on any atom is -0.494 e. The lowest BCUT2D eigenvalue weighted by atomic mass is 10.1. The number of nitrogens with zero attached hydrogens (tertiary/aromatic N) is 1. The number of esters is 1. The topological polar surface area (TPSA) is 74.6 Å². The summed E-state index contributed by atoms with van der Waals surface area (Å²) >= 11 is 1.17. The van der Waals surface area contributed by atoms with Crippen LogP contribution in [0.15, 0.2) is 59.4 Å².